The van der Waals surface area contributed by atoms with Crippen LogP contribution in [0.1, 0.15) is 45.1 Å². The fraction of sp³-hybridized carbons (Fsp3) is 0.647. The Morgan fingerprint density at radius 1 is 1.25 bits per heavy atom. The number of halogens is 1. The first-order valence-electron chi connectivity index (χ1n) is 7.63. The minimum absolute atomic E-state index is 0.0987. The zero-order valence-electron chi connectivity index (χ0n) is 12.6. The molecule has 0 amide bonds. The monoisotopic (exact) mass is 339 g/mol. The summed E-state index contributed by atoms with van der Waals surface area (Å²) in [5.74, 6) is 1.61. The topological polar surface area (TPSA) is 35.2 Å². The number of benzene rings is 1. The van der Waals surface area contributed by atoms with Gasteiger partial charge in [-0.3, -0.25) is 0 Å². The molecule has 1 saturated carbocycles. The SMILES string of the molecule is CC(C)C1CCC(CN)(OCc2ccc(Br)cc2)CC1. The van der Waals surface area contributed by atoms with E-state index in [1.807, 2.05) is 0 Å². The van der Waals surface area contributed by atoms with Gasteiger partial charge in [0, 0.05) is 11.0 Å². The molecule has 0 heterocycles. The molecule has 1 aromatic carbocycles. The lowest BCUT2D eigenvalue weighted by Crippen LogP contribution is -2.44. The van der Waals surface area contributed by atoms with Crippen molar-refractivity contribution in [3.63, 3.8) is 0 Å². The highest BCUT2D eigenvalue weighted by Crippen LogP contribution is 2.38. The molecule has 1 aromatic rings. The summed E-state index contributed by atoms with van der Waals surface area (Å²) in [4.78, 5) is 0. The quantitative estimate of drug-likeness (QED) is 0.856. The normalized spacial score (nSPS) is 26.9. The zero-order chi connectivity index (χ0) is 14.6. The first-order chi connectivity index (χ1) is 9.54. The molecule has 112 valence electrons. The minimum atomic E-state index is -0.0987. The van der Waals surface area contributed by atoms with Gasteiger partial charge in [0.25, 0.3) is 0 Å². The highest BCUT2D eigenvalue weighted by Gasteiger charge is 2.35. The van der Waals surface area contributed by atoms with Crippen LogP contribution in [-0.2, 0) is 11.3 Å². The van der Waals surface area contributed by atoms with Crippen LogP contribution in [0.25, 0.3) is 0 Å². The molecule has 1 aliphatic carbocycles. The summed E-state index contributed by atoms with van der Waals surface area (Å²) in [5, 5.41) is 0. The van der Waals surface area contributed by atoms with Gasteiger partial charge < -0.3 is 10.5 Å². The third-order valence-electron chi connectivity index (χ3n) is 4.71. The standard InChI is InChI=1S/C17H26BrNO/c1-13(2)15-7-9-17(12-19,10-8-15)20-11-14-3-5-16(18)6-4-14/h3-6,13,15H,7-12,19H2,1-2H3. The van der Waals surface area contributed by atoms with Crippen molar-refractivity contribution in [2.24, 2.45) is 17.6 Å². The Morgan fingerprint density at radius 2 is 1.85 bits per heavy atom. The molecule has 20 heavy (non-hydrogen) atoms. The smallest absolute Gasteiger partial charge is 0.0808 e. The van der Waals surface area contributed by atoms with E-state index in [0.717, 1.165) is 29.2 Å². The zero-order valence-corrected chi connectivity index (χ0v) is 14.2. The Bertz CT molecular complexity index is 408. The number of nitrogens with two attached hydrogens (primary N) is 1. The lowest BCUT2D eigenvalue weighted by Gasteiger charge is -2.40. The summed E-state index contributed by atoms with van der Waals surface area (Å²) in [5.41, 5.74) is 7.13. The maximum atomic E-state index is 6.23. The molecule has 0 aliphatic heterocycles. The van der Waals surface area contributed by atoms with E-state index >= 15 is 0 Å². The fourth-order valence-corrected chi connectivity index (χ4v) is 3.32. The number of rotatable bonds is 5. The van der Waals surface area contributed by atoms with E-state index in [1.165, 1.54) is 18.4 Å². The predicted molar refractivity (Wildman–Crippen MR) is 87.5 cm³/mol. The van der Waals surface area contributed by atoms with Crippen molar-refractivity contribution in [1.82, 2.24) is 0 Å². The summed E-state index contributed by atoms with van der Waals surface area (Å²) < 4.78 is 7.34. The van der Waals surface area contributed by atoms with Gasteiger partial charge in [-0.05, 0) is 55.2 Å². The minimum Gasteiger partial charge on any atom is -0.369 e. The molecular weight excluding hydrogens is 314 g/mol. The van der Waals surface area contributed by atoms with Crippen molar-refractivity contribution in [2.45, 2.75) is 51.7 Å². The van der Waals surface area contributed by atoms with Crippen LogP contribution in [0.3, 0.4) is 0 Å². The molecule has 0 bridgehead atoms. The maximum absolute atomic E-state index is 6.23. The van der Waals surface area contributed by atoms with Crippen LogP contribution in [0.4, 0.5) is 0 Å². The molecule has 0 aromatic heterocycles. The summed E-state index contributed by atoms with van der Waals surface area (Å²) in [6.45, 7) is 5.94. The van der Waals surface area contributed by atoms with Crippen LogP contribution < -0.4 is 5.73 Å². The van der Waals surface area contributed by atoms with Crippen LogP contribution in [0.2, 0.25) is 0 Å². The molecule has 2 nitrogen and oxygen atoms in total. The summed E-state index contributed by atoms with van der Waals surface area (Å²) >= 11 is 3.46. The van der Waals surface area contributed by atoms with Crippen LogP contribution in [-0.4, -0.2) is 12.1 Å². The van der Waals surface area contributed by atoms with Gasteiger partial charge in [-0.1, -0.05) is 41.9 Å². The molecule has 0 radical (unpaired) electrons. The molecular formula is C17H26BrNO. The highest BCUT2D eigenvalue weighted by atomic mass is 79.9. The van der Waals surface area contributed by atoms with Gasteiger partial charge in [-0.25, -0.2) is 0 Å². The Balaban J connectivity index is 1.91. The van der Waals surface area contributed by atoms with Crippen LogP contribution in [0.15, 0.2) is 28.7 Å². The Morgan fingerprint density at radius 3 is 2.35 bits per heavy atom. The molecule has 3 heteroatoms. The first kappa shape index (κ1) is 16.0. The largest absolute Gasteiger partial charge is 0.369 e. The van der Waals surface area contributed by atoms with Crippen LogP contribution in [0, 0.1) is 11.8 Å². The van der Waals surface area contributed by atoms with Crippen molar-refractivity contribution < 1.29 is 4.74 Å². The fourth-order valence-electron chi connectivity index (χ4n) is 3.06. The number of ether oxygens (including phenoxy) is 1. The average molecular weight is 340 g/mol. The Kier molecular flexibility index (Phi) is 5.65. The van der Waals surface area contributed by atoms with Gasteiger partial charge in [-0.15, -0.1) is 0 Å². The van der Waals surface area contributed by atoms with Crippen molar-refractivity contribution in [2.75, 3.05) is 6.54 Å². The summed E-state index contributed by atoms with van der Waals surface area (Å²) in [7, 11) is 0. The van der Waals surface area contributed by atoms with E-state index in [1.54, 1.807) is 0 Å². The van der Waals surface area contributed by atoms with Crippen molar-refractivity contribution in [3.05, 3.63) is 34.3 Å². The third-order valence-corrected chi connectivity index (χ3v) is 5.24. The average Bonchev–Trinajstić information content (AvgIpc) is 2.47. The maximum Gasteiger partial charge on any atom is 0.0808 e. The van der Waals surface area contributed by atoms with Gasteiger partial charge in [0.2, 0.25) is 0 Å². The van der Waals surface area contributed by atoms with Gasteiger partial charge in [-0.2, -0.15) is 0 Å². The Hall–Kier alpha value is -0.380. The lowest BCUT2D eigenvalue weighted by molar-refractivity contribution is -0.0840. The number of hydrogen-bond acceptors (Lipinski definition) is 2. The number of hydrogen-bond donors (Lipinski definition) is 1. The van der Waals surface area contributed by atoms with Crippen molar-refractivity contribution in [3.8, 4) is 0 Å². The van der Waals surface area contributed by atoms with Crippen LogP contribution >= 0.6 is 15.9 Å². The second-order valence-electron chi connectivity index (χ2n) is 6.38. The molecule has 1 fully saturated rings. The van der Waals surface area contributed by atoms with E-state index < -0.39 is 0 Å². The molecule has 2 N–H and O–H groups in total. The third kappa shape index (κ3) is 4.06. The molecule has 0 saturated heterocycles. The van der Waals surface area contributed by atoms with E-state index in [2.05, 4.69) is 54.0 Å². The summed E-state index contributed by atoms with van der Waals surface area (Å²) in [6, 6.07) is 8.33. The molecule has 0 unspecified atom stereocenters. The second-order valence-corrected chi connectivity index (χ2v) is 7.30. The molecule has 0 atom stereocenters. The predicted octanol–water partition coefficient (Wildman–Crippen LogP) is 4.51. The Labute approximate surface area is 131 Å². The van der Waals surface area contributed by atoms with E-state index in [4.69, 9.17) is 10.5 Å². The first-order valence-corrected chi connectivity index (χ1v) is 8.42. The van der Waals surface area contributed by atoms with Gasteiger partial charge in [0.1, 0.15) is 0 Å². The van der Waals surface area contributed by atoms with E-state index in [0.29, 0.717) is 13.2 Å². The molecule has 1 aliphatic rings. The van der Waals surface area contributed by atoms with Crippen LogP contribution in [0.5, 0.6) is 0 Å². The lowest BCUT2D eigenvalue weighted by atomic mass is 9.74. The van der Waals surface area contributed by atoms with Gasteiger partial charge in [0.05, 0.1) is 12.2 Å². The van der Waals surface area contributed by atoms with Crippen molar-refractivity contribution >= 4 is 15.9 Å². The molecule has 0 spiro atoms. The summed E-state index contributed by atoms with van der Waals surface area (Å²) in [6.07, 6.45) is 4.69. The van der Waals surface area contributed by atoms with Crippen molar-refractivity contribution in [1.29, 1.82) is 0 Å². The van der Waals surface area contributed by atoms with Gasteiger partial charge in [0.15, 0.2) is 0 Å². The molecule has 2 rings (SSSR count). The second kappa shape index (κ2) is 7.06. The highest BCUT2D eigenvalue weighted by molar-refractivity contribution is 9.10. The van der Waals surface area contributed by atoms with Gasteiger partial charge >= 0.3 is 0 Å². The van der Waals surface area contributed by atoms with E-state index in [-0.39, 0.29) is 5.60 Å². The van der Waals surface area contributed by atoms with E-state index in [9.17, 15) is 0 Å².